The van der Waals surface area contributed by atoms with Crippen LogP contribution in [0.3, 0.4) is 0 Å². The predicted octanol–water partition coefficient (Wildman–Crippen LogP) is 2.59. The van der Waals surface area contributed by atoms with Crippen LogP contribution in [0, 0.1) is 0 Å². The Morgan fingerprint density at radius 3 is 2.96 bits per heavy atom. The third-order valence-electron chi connectivity index (χ3n) is 5.38. The van der Waals surface area contributed by atoms with Gasteiger partial charge >= 0.3 is 0 Å². The summed E-state index contributed by atoms with van der Waals surface area (Å²) < 4.78 is 13.8. The molecule has 1 aromatic heterocycles. The van der Waals surface area contributed by atoms with Gasteiger partial charge in [0.05, 0.1) is 12.6 Å². The van der Waals surface area contributed by atoms with E-state index < -0.39 is 6.10 Å². The van der Waals surface area contributed by atoms with Crippen molar-refractivity contribution in [2.75, 3.05) is 0 Å². The van der Waals surface area contributed by atoms with Crippen molar-refractivity contribution in [1.29, 1.82) is 0 Å². The van der Waals surface area contributed by atoms with Crippen LogP contribution in [-0.4, -0.2) is 37.8 Å². The second kappa shape index (κ2) is 7.41. The second-order valence-electron chi connectivity index (χ2n) is 8.24. The molecule has 8 heteroatoms. The second-order valence-corrected chi connectivity index (χ2v) is 8.24. The molecule has 2 heterocycles. The van der Waals surface area contributed by atoms with Gasteiger partial charge < -0.3 is 14.8 Å². The predicted molar refractivity (Wildman–Crippen MR) is 102 cm³/mol. The zero-order chi connectivity index (χ0) is 19.7. The Bertz CT molecular complexity index is 857. The number of aromatic nitrogens is 4. The minimum absolute atomic E-state index is 0.212. The van der Waals surface area contributed by atoms with Crippen LogP contribution in [0.2, 0.25) is 0 Å². The average molecular weight is 385 g/mol. The molecular formula is C20H27N5O3. The van der Waals surface area contributed by atoms with Gasteiger partial charge in [-0.25, -0.2) is 4.68 Å². The van der Waals surface area contributed by atoms with Crippen LogP contribution in [0.1, 0.15) is 63.9 Å². The molecule has 1 atom stereocenters. The molecule has 8 nitrogen and oxygen atoms in total. The first-order chi connectivity index (χ1) is 13.4. The first kappa shape index (κ1) is 18.7. The Hall–Kier alpha value is -2.64. The van der Waals surface area contributed by atoms with Crippen LogP contribution in [-0.2, 0) is 17.8 Å². The lowest BCUT2D eigenvalue weighted by molar-refractivity contribution is -0.127. The highest BCUT2D eigenvalue weighted by molar-refractivity contribution is 5.80. The lowest BCUT2D eigenvalue weighted by Gasteiger charge is -2.20. The van der Waals surface area contributed by atoms with Crippen molar-refractivity contribution in [1.82, 2.24) is 25.5 Å². The van der Waals surface area contributed by atoms with Crippen LogP contribution in [0.4, 0.5) is 0 Å². The Labute approximate surface area is 164 Å². The van der Waals surface area contributed by atoms with Crippen molar-refractivity contribution in [3.8, 4) is 11.5 Å². The zero-order valence-corrected chi connectivity index (χ0v) is 16.6. The number of hydrogen-bond donors (Lipinski definition) is 1. The summed E-state index contributed by atoms with van der Waals surface area (Å²) in [6.07, 6.45) is 4.73. The summed E-state index contributed by atoms with van der Waals surface area (Å²) in [5.41, 5.74) is 0.843. The highest BCUT2D eigenvalue weighted by Gasteiger charge is 2.33. The number of para-hydroxylation sites is 1. The van der Waals surface area contributed by atoms with Gasteiger partial charge in [-0.15, -0.1) is 5.10 Å². The van der Waals surface area contributed by atoms with E-state index in [4.69, 9.17) is 9.47 Å². The van der Waals surface area contributed by atoms with Gasteiger partial charge in [0, 0.05) is 12.0 Å². The normalized spacial score (nSPS) is 19.1. The molecule has 1 unspecified atom stereocenters. The first-order valence-electron chi connectivity index (χ1n) is 9.95. The van der Waals surface area contributed by atoms with Gasteiger partial charge in [-0.1, -0.05) is 25.0 Å². The number of benzene rings is 1. The maximum atomic E-state index is 12.5. The number of nitrogens with one attached hydrogen (secondary N) is 1. The van der Waals surface area contributed by atoms with Gasteiger partial charge in [0.1, 0.15) is 5.60 Å². The Kier molecular flexibility index (Phi) is 4.95. The number of hydrogen-bond acceptors (Lipinski definition) is 6. The molecule has 0 saturated heterocycles. The standard InChI is InChI=1S/C20H27N5O3/c1-13(27-16-10-6-7-14-11-20(2,3)28-18(14)16)19(26)21-12-17-22-23-24-25(17)15-8-4-5-9-15/h6-7,10,13,15H,4-5,8-9,11-12H2,1-3H3,(H,21,26). The number of fused-ring (bicyclic) bond motifs is 1. The monoisotopic (exact) mass is 385 g/mol. The van der Waals surface area contributed by atoms with Crippen LogP contribution in [0.25, 0.3) is 0 Å². The summed E-state index contributed by atoms with van der Waals surface area (Å²) in [7, 11) is 0. The van der Waals surface area contributed by atoms with Crippen LogP contribution >= 0.6 is 0 Å². The van der Waals surface area contributed by atoms with E-state index in [9.17, 15) is 4.79 Å². The Balaban J connectivity index is 1.37. The molecule has 1 saturated carbocycles. The summed E-state index contributed by atoms with van der Waals surface area (Å²) in [5, 5.41) is 14.8. The van der Waals surface area contributed by atoms with Gasteiger partial charge in [-0.3, -0.25) is 4.79 Å². The molecule has 1 amide bonds. The zero-order valence-electron chi connectivity index (χ0n) is 16.6. The molecule has 1 N–H and O–H groups in total. The van der Waals surface area contributed by atoms with Crippen LogP contribution in [0.5, 0.6) is 11.5 Å². The van der Waals surface area contributed by atoms with Crippen molar-refractivity contribution in [2.24, 2.45) is 0 Å². The number of carbonyl (C=O) groups is 1. The smallest absolute Gasteiger partial charge is 0.261 e. The van der Waals surface area contributed by atoms with Gasteiger partial charge in [-0.2, -0.15) is 0 Å². The Morgan fingerprint density at radius 2 is 2.18 bits per heavy atom. The molecule has 1 aliphatic heterocycles. The highest BCUT2D eigenvalue weighted by atomic mass is 16.5. The average Bonchev–Trinajstić information content (AvgIpc) is 3.37. The molecule has 1 fully saturated rings. The van der Waals surface area contributed by atoms with Gasteiger partial charge in [0.2, 0.25) is 0 Å². The number of ether oxygens (including phenoxy) is 2. The summed E-state index contributed by atoms with van der Waals surface area (Å²) >= 11 is 0. The lowest BCUT2D eigenvalue weighted by Crippen LogP contribution is -2.36. The molecule has 0 radical (unpaired) electrons. The van der Waals surface area contributed by atoms with Crippen molar-refractivity contribution in [3.05, 3.63) is 29.6 Å². The topological polar surface area (TPSA) is 91.2 Å². The Morgan fingerprint density at radius 1 is 1.39 bits per heavy atom. The van der Waals surface area contributed by atoms with E-state index in [2.05, 4.69) is 20.8 Å². The molecule has 150 valence electrons. The minimum atomic E-state index is -0.658. The van der Waals surface area contributed by atoms with E-state index in [1.807, 2.05) is 36.7 Å². The SMILES string of the molecule is CC(Oc1cccc2c1OC(C)(C)C2)C(=O)NCc1nnnn1C1CCCC1. The fraction of sp³-hybridized carbons (Fsp3) is 0.600. The molecule has 0 bridgehead atoms. The van der Waals surface area contributed by atoms with Crippen molar-refractivity contribution in [2.45, 2.75) is 77.2 Å². The summed E-state index contributed by atoms with van der Waals surface area (Å²) in [5.74, 6) is 1.80. The third-order valence-corrected chi connectivity index (χ3v) is 5.38. The number of amides is 1. The van der Waals surface area contributed by atoms with Crippen molar-refractivity contribution in [3.63, 3.8) is 0 Å². The summed E-state index contributed by atoms with van der Waals surface area (Å²) in [4.78, 5) is 12.5. The largest absolute Gasteiger partial charge is 0.483 e. The third kappa shape index (κ3) is 3.81. The molecule has 2 aliphatic rings. The summed E-state index contributed by atoms with van der Waals surface area (Å²) in [6.45, 7) is 6.10. The number of carbonyl (C=O) groups excluding carboxylic acids is 1. The van der Waals surface area contributed by atoms with E-state index >= 15 is 0 Å². The lowest BCUT2D eigenvalue weighted by atomic mass is 10.0. The number of nitrogens with zero attached hydrogens (tertiary/aromatic N) is 4. The quantitative estimate of drug-likeness (QED) is 0.822. The fourth-order valence-electron chi connectivity index (χ4n) is 4.00. The summed E-state index contributed by atoms with van der Waals surface area (Å²) in [6, 6.07) is 6.14. The van der Waals surface area contributed by atoms with Crippen molar-refractivity contribution >= 4 is 5.91 Å². The molecule has 4 rings (SSSR count). The van der Waals surface area contributed by atoms with E-state index in [-0.39, 0.29) is 18.1 Å². The maximum absolute atomic E-state index is 12.5. The number of tetrazole rings is 1. The van der Waals surface area contributed by atoms with E-state index in [0.717, 1.165) is 30.6 Å². The molecule has 1 aromatic carbocycles. The number of rotatable bonds is 6. The molecule has 1 aliphatic carbocycles. The molecule has 2 aromatic rings. The minimum Gasteiger partial charge on any atom is -0.483 e. The fourth-order valence-corrected chi connectivity index (χ4v) is 4.00. The van der Waals surface area contributed by atoms with E-state index in [0.29, 0.717) is 17.6 Å². The molecule has 0 spiro atoms. The molecule has 28 heavy (non-hydrogen) atoms. The first-order valence-corrected chi connectivity index (χ1v) is 9.95. The maximum Gasteiger partial charge on any atom is 0.261 e. The van der Waals surface area contributed by atoms with Crippen LogP contribution < -0.4 is 14.8 Å². The van der Waals surface area contributed by atoms with E-state index in [1.54, 1.807) is 6.92 Å². The van der Waals surface area contributed by atoms with Crippen LogP contribution in [0.15, 0.2) is 18.2 Å². The molecular weight excluding hydrogens is 358 g/mol. The highest BCUT2D eigenvalue weighted by Crippen LogP contribution is 2.42. The van der Waals surface area contributed by atoms with E-state index in [1.165, 1.54) is 12.8 Å². The van der Waals surface area contributed by atoms with Gasteiger partial charge in [-0.05, 0) is 50.1 Å². The van der Waals surface area contributed by atoms with Crippen molar-refractivity contribution < 1.29 is 14.3 Å². The van der Waals surface area contributed by atoms with Gasteiger partial charge in [0.15, 0.2) is 23.4 Å². The van der Waals surface area contributed by atoms with Gasteiger partial charge in [0.25, 0.3) is 5.91 Å².